The Morgan fingerprint density at radius 2 is 1.80 bits per heavy atom. The molecule has 20 heavy (non-hydrogen) atoms. The first kappa shape index (κ1) is 12.5. The maximum absolute atomic E-state index is 12.4. The molecule has 1 aliphatic rings. The van der Waals surface area contributed by atoms with Gasteiger partial charge in [-0.25, -0.2) is 0 Å². The lowest BCUT2D eigenvalue weighted by Gasteiger charge is -2.15. The molecule has 0 saturated heterocycles. The van der Waals surface area contributed by atoms with E-state index in [1.807, 2.05) is 13.0 Å². The first-order chi connectivity index (χ1) is 9.47. The number of phenolic OH excluding ortho intramolecular Hbond substituents is 2. The van der Waals surface area contributed by atoms with Crippen molar-refractivity contribution in [1.82, 2.24) is 4.90 Å². The molecule has 2 aromatic rings. The summed E-state index contributed by atoms with van der Waals surface area (Å²) in [5.74, 6) is 0.167. The van der Waals surface area contributed by atoms with Gasteiger partial charge >= 0.3 is 0 Å². The predicted octanol–water partition coefficient (Wildman–Crippen LogP) is 2.66. The molecule has 0 aliphatic carbocycles. The lowest BCUT2D eigenvalue weighted by molar-refractivity contribution is 0.0788. The summed E-state index contributed by atoms with van der Waals surface area (Å²) in [6.45, 7) is 2.25. The summed E-state index contributed by atoms with van der Waals surface area (Å²) in [6.07, 6.45) is 0. The van der Waals surface area contributed by atoms with Gasteiger partial charge in [0, 0.05) is 13.6 Å². The Kier molecular flexibility index (Phi) is 2.67. The van der Waals surface area contributed by atoms with Crippen LogP contribution in [0.5, 0.6) is 11.5 Å². The maximum Gasteiger partial charge on any atom is 0.254 e. The second kappa shape index (κ2) is 4.27. The van der Waals surface area contributed by atoms with Gasteiger partial charge in [-0.2, -0.15) is 0 Å². The molecule has 0 saturated carbocycles. The van der Waals surface area contributed by atoms with Crippen LogP contribution in [0.25, 0.3) is 11.1 Å². The number of fused-ring (bicyclic) bond motifs is 3. The fourth-order valence-corrected chi connectivity index (χ4v) is 2.60. The third-order valence-corrected chi connectivity index (χ3v) is 3.70. The molecule has 102 valence electrons. The normalized spacial score (nSPS) is 13.7. The molecule has 0 unspecified atom stereocenters. The van der Waals surface area contributed by atoms with Gasteiger partial charge in [0.1, 0.15) is 11.5 Å². The Labute approximate surface area is 116 Å². The molecule has 1 aliphatic heterocycles. The molecule has 1 heterocycles. The molecule has 1 amide bonds. The third kappa shape index (κ3) is 1.81. The van der Waals surface area contributed by atoms with Gasteiger partial charge in [0.2, 0.25) is 0 Å². The van der Waals surface area contributed by atoms with Crippen LogP contribution in [-0.4, -0.2) is 28.1 Å². The summed E-state index contributed by atoms with van der Waals surface area (Å²) in [5.41, 5.74) is 3.85. The van der Waals surface area contributed by atoms with Gasteiger partial charge in [-0.3, -0.25) is 4.79 Å². The SMILES string of the molecule is Cc1cc2c(cc1O)CN(C)C(=O)c1cc(O)ccc1-2. The van der Waals surface area contributed by atoms with Crippen molar-refractivity contribution in [3.8, 4) is 22.6 Å². The highest BCUT2D eigenvalue weighted by atomic mass is 16.3. The second-order valence-corrected chi connectivity index (χ2v) is 5.19. The van der Waals surface area contributed by atoms with E-state index < -0.39 is 0 Å². The number of aromatic hydroxyl groups is 2. The minimum atomic E-state index is -0.135. The van der Waals surface area contributed by atoms with Crippen molar-refractivity contribution in [2.75, 3.05) is 7.05 Å². The van der Waals surface area contributed by atoms with Gasteiger partial charge < -0.3 is 15.1 Å². The number of nitrogens with zero attached hydrogens (tertiary/aromatic N) is 1. The van der Waals surface area contributed by atoms with Crippen LogP contribution in [-0.2, 0) is 6.54 Å². The second-order valence-electron chi connectivity index (χ2n) is 5.19. The number of carbonyl (C=O) groups is 1. The van der Waals surface area contributed by atoms with E-state index in [9.17, 15) is 15.0 Å². The lowest BCUT2D eigenvalue weighted by Crippen LogP contribution is -2.24. The molecular weight excluding hydrogens is 254 g/mol. The van der Waals surface area contributed by atoms with Crippen molar-refractivity contribution in [3.05, 3.63) is 47.0 Å². The molecule has 0 aromatic heterocycles. The molecule has 0 spiro atoms. The van der Waals surface area contributed by atoms with Gasteiger partial charge in [0.15, 0.2) is 0 Å². The van der Waals surface area contributed by atoms with Crippen molar-refractivity contribution in [3.63, 3.8) is 0 Å². The van der Waals surface area contributed by atoms with E-state index >= 15 is 0 Å². The summed E-state index contributed by atoms with van der Waals surface area (Å²) >= 11 is 0. The topological polar surface area (TPSA) is 60.8 Å². The Hall–Kier alpha value is -2.49. The number of amides is 1. The maximum atomic E-state index is 12.4. The van der Waals surface area contributed by atoms with Gasteiger partial charge in [-0.1, -0.05) is 0 Å². The van der Waals surface area contributed by atoms with Crippen LogP contribution < -0.4 is 0 Å². The lowest BCUT2D eigenvalue weighted by atomic mass is 9.94. The highest BCUT2D eigenvalue weighted by Gasteiger charge is 2.24. The molecule has 0 bridgehead atoms. The summed E-state index contributed by atoms with van der Waals surface area (Å²) in [4.78, 5) is 14.0. The molecule has 4 heteroatoms. The van der Waals surface area contributed by atoms with E-state index in [4.69, 9.17) is 0 Å². The Morgan fingerprint density at radius 1 is 1.05 bits per heavy atom. The van der Waals surface area contributed by atoms with Crippen molar-refractivity contribution in [2.45, 2.75) is 13.5 Å². The number of hydrogen-bond acceptors (Lipinski definition) is 3. The smallest absolute Gasteiger partial charge is 0.254 e. The molecule has 3 rings (SSSR count). The highest BCUT2D eigenvalue weighted by Crippen LogP contribution is 2.36. The number of hydrogen-bond donors (Lipinski definition) is 2. The van der Waals surface area contributed by atoms with Crippen LogP contribution in [0.2, 0.25) is 0 Å². The first-order valence-corrected chi connectivity index (χ1v) is 6.38. The standard InChI is InChI=1S/C16H15NO3/c1-9-5-13-10(6-15(9)19)8-17(2)16(20)14-7-11(18)3-4-12(13)14/h3-7,18-19H,8H2,1-2H3. The predicted molar refractivity (Wildman–Crippen MR) is 75.7 cm³/mol. The Bertz CT molecular complexity index is 722. The number of rotatable bonds is 0. The van der Waals surface area contributed by atoms with E-state index in [1.165, 1.54) is 6.07 Å². The van der Waals surface area contributed by atoms with Crippen LogP contribution in [0.3, 0.4) is 0 Å². The Morgan fingerprint density at radius 3 is 2.55 bits per heavy atom. The minimum Gasteiger partial charge on any atom is -0.508 e. The van der Waals surface area contributed by atoms with Gasteiger partial charge in [-0.05, 0) is 59.5 Å². The molecule has 0 atom stereocenters. The monoisotopic (exact) mass is 269 g/mol. The summed E-state index contributed by atoms with van der Waals surface area (Å²) in [7, 11) is 1.71. The van der Waals surface area contributed by atoms with Crippen LogP contribution >= 0.6 is 0 Å². The Balaban J connectivity index is 2.35. The summed E-state index contributed by atoms with van der Waals surface area (Å²) in [5, 5.41) is 19.5. The van der Waals surface area contributed by atoms with E-state index in [-0.39, 0.29) is 17.4 Å². The van der Waals surface area contributed by atoms with Crippen LogP contribution in [0.4, 0.5) is 0 Å². The summed E-state index contributed by atoms with van der Waals surface area (Å²) in [6, 6.07) is 8.40. The van der Waals surface area contributed by atoms with E-state index in [0.717, 1.165) is 22.3 Å². The molecule has 0 radical (unpaired) electrons. The van der Waals surface area contributed by atoms with E-state index in [1.54, 1.807) is 30.1 Å². The van der Waals surface area contributed by atoms with Gasteiger partial charge in [0.05, 0.1) is 5.56 Å². The average Bonchev–Trinajstić information content (AvgIpc) is 2.49. The van der Waals surface area contributed by atoms with Gasteiger partial charge in [-0.15, -0.1) is 0 Å². The van der Waals surface area contributed by atoms with Crippen molar-refractivity contribution in [2.24, 2.45) is 0 Å². The number of benzene rings is 2. The molecule has 2 aromatic carbocycles. The third-order valence-electron chi connectivity index (χ3n) is 3.70. The van der Waals surface area contributed by atoms with Gasteiger partial charge in [0.25, 0.3) is 5.91 Å². The van der Waals surface area contributed by atoms with Crippen molar-refractivity contribution >= 4 is 5.91 Å². The zero-order valence-electron chi connectivity index (χ0n) is 11.3. The molecule has 0 fully saturated rings. The van der Waals surface area contributed by atoms with E-state index in [2.05, 4.69) is 0 Å². The van der Waals surface area contributed by atoms with Crippen molar-refractivity contribution in [1.29, 1.82) is 0 Å². The largest absolute Gasteiger partial charge is 0.508 e. The summed E-state index contributed by atoms with van der Waals surface area (Å²) < 4.78 is 0. The van der Waals surface area contributed by atoms with Crippen LogP contribution in [0.15, 0.2) is 30.3 Å². The zero-order valence-corrected chi connectivity index (χ0v) is 11.3. The van der Waals surface area contributed by atoms with Crippen LogP contribution in [0.1, 0.15) is 21.5 Å². The molecule has 4 nitrogen and oxygen atoms in total. The fourth-order valence-electron chi connectivity index (χ4n) is 2.60. The minimum absolute atomic E-state index is 0.0736. The van der Waals surface area contributed by atoms with Crippen molar-refractivity contribution < 1.29 is 15.0 Å². The number of carbonyl (C=O) groups excluding carboxylic acids is 1. The van der Waals surface area contributed by atoms with E-state index in [0.29, 0.717) is 12.1 Å². The number of aryl methyl sites for hydroxylation is 1. The fraction of sp³-hybridized carbons (Fsp3) is 0.188. The molecular formula is C16H15NO3. The quantitative estimate of drug-likeness (QED) is 0.773. The molecule has 2 N–H and O–H groups in total. The first-order valence-electron chi connectivity index (χ1n) is 6.38. The number of phenols is 2. The highest BCUT2D eigenvalue weighted by molar-refractivity contribution is 6.02. The van der Waals surface area contributed by atoms with Crippen LogP contribution in [0, 0.1) is 6.92 Å². The average molecular weight is 269 g/mol. The zero-order chi connectivity index (χ0) is 14.4.